The molecule has 0 aromatic heterocycles. The number of fused-ring (bicyclic) bond motifs is 2. The molecule has 4 rings (SSSR count). The maximum absolute atomic E-state index is 6.21. The fraction of sp³-hybridized carbons (Fsp3) is 0.500. The minimum atomic E-state index is 0.519. The van der Waals surface area contributed by atoms with Crippen LogP contribution in [0.15, 0.2) is 48.0 Å². The molecule has 2 aliphatic heterocycles. The van der Waals surface area contributed by atoms with Crippen LogP contribution in [0.1, 0.15) is 66.3 Å². The van der Waals surface area contributed by atoms with Gasteiger partial charge in [0.05, 0.1) is 18.0 Å². The molecule has 1 unspecified atom stereocenters. The minimum Gasteiger partial charge on any atom is -0.399 e. The van der Waals surface area contributed by atoms with Crippen molar-refractivity contribution in [3.05, 3.63) is 70.8 Å². The van der Waals surface area contributed by atoms with Crippen molar-refractivity contribution in [3.8, 4) is 0 Å². The monoisotopic (exact) mass is 542 g/mol. The average molecular weight is 543 g/mol. The molecule has 2 aliphatic rings. The van der Waals surface area contributed by atoms with Gasteiger partial charge >= 0.3 is 0 Å². The molecule has 0 bridgehead atoms. The second kappa shape index (κ2) is 14.5. The molecule has 1 saturated heterocycles. The summed E-state index contributed by atoms with van der Waals surface area (Å²) >= 11 is 0. The van der Waals surface area contributed by atoms with Gasteiger partial charge in [0, 0.05) is 30.5 Å². The Hall–Kier alpha value is -3.09. The first-order valence-corrected chi connectivity index (χ1v) is 15.1. The third-order valence-corrected chi connectivity index (χ3v) is 8.48. The second-order valence-corrected chi connectivity index (χ2v) is 11.6. The van der Waals surface area contributed by atoms with Crippen molar-refractivity contribution in [2.45, 2.75) is 71.3 Å². The lowest BCUT2D eigenvalue weighted by Gasteiger charge is -2.32. The van der Waals surface area contributed by atoms with Crippen LogP contribution >= 0.6 is 0 Å². The third kappa shape index (κ3) is 7.55. The van der Waals surface area contributed by atoms with Gasteiger partial charge < -0.3 is 26.2 Å². The van der Waals surface area contributed by atoms with Crippen molar-refractivity contribution in [2.24, 2.45) is 10.7 Å². The van der Waals surface area contributed by atoms with Crippen LogP contribution in [-0.4, -0.2) is 57.6 Å². The Labute approximate surface area is 242 Å². The Morgan fingerprint density at radius 2 is 1.75 bits per heavy atom. The fourth-order valence-corrected chi connectivity index (χ4v) is 6.53. The summed E-state index contributed by atoms with van der Waals surface area (Å²) in [7, 11) is 1.99. The Morgan fingerprint density at radius 3 is 2.42 bits per heavy atom. The number of nitrogens with two attached hydrogens (primary N) is 1. The first-order valence-electron chi connectivity index (χ1n) is 15.1. The molecule has 6 heteroatoms. The number of aliphatic imine (C=N–C) groups is 1. The van der Waals surface area contributed by atoms with E-state index < -0.39 is 0 Å². The van der Waals surface area contributed by atoms with E-state index in [2.05, 4.69) is 82.9 Å². The topological polar surface area (TPSA) is 68.9 Å². The molecule has 0 radical (unpaired) electrons. The maximum atomic E-state index is 6.21. The summed E-state index contributed by atoms with van der Waals surface area (Å²) in [6.45, 7) is 17.1. The van der Waals surface area contributed by atoms with Crippen molar-refractivity contribution in [2.75, 3.05) is 50.1 Å². The zero-order chi connectivity index (χ0) is 28.5. The molecule has 0 spiro atoms. The molecule has 40 heavy (non-hydrogen) atoms. The molecule has 6 nitrogen and oxygen atoms in total. The van der Waals surface area contributed by atoms with Crippen LogP contribution < -0.4 is 21.3 Å². The number of anilines is 2. The lowest BCUT2D eigenvalue weighted by atomic mass is 9.93. The highest BCUT2D eigenvalue weighted by atomic mass is 15.2. The van der Waals surface area contributed by atoms with E-state index in [1.165, 1.54) is 66.7 Å². The van der Waals surface area contributed by atoms with Crippen LogP contribution in [0.25, 0.3) is 5.70 Å². The molecule has 1 fully saturated rings. The second-order valence-electron chi connectivity index (χ2n) is 11.6. The highest BCUT2D eigenvalue weighted by Gasteiger charge is 2.23. The predicted molar refractivity (Wildman–Crippen MR) is 174 cm³/mol. The van der Waals surface area contributed by atoms with E-state index in [1.54, 1.807) is 0 Å². The van der Waals surface area contributed by atoms with E-state index in [4.69, 9.17) is 5.73 Å². The summed E-state index contributed by atoms with van der Waals surface area (Å²) in [6.07, 6.45) is 14.1. The van der Waals surface area contributed by atoms with Crippen molar-refractivity contribution >= 4 is 29.5 Å². The molecule has 216 valence electrons. The van der Waals surface area contributed by atoms with Crippen LogP contribution in [-0.2, 0) is 12.8 Å². The fourth-order valence-electron chi connectivity index (χ4n) is 6.53. The van der Waals surface area contributed by atoms with Crippen LogP contribution in [0.3, 0.4) is 0 Å². The molecule has 1 atom stereocenters. The number of nitrogens with zero attached hydrogens (tertiary/aromatic N) is 3. The quantitative estimate of drug-likeness (QED) is 0.304. The normalized spacial score (nSPS) is 20.2. The van der Waals surface area contributed by atoms with Gasteiger partial charge in [-0.15, -0.1) is 0 Å². The molecule has 2 aromatic carbocycles. The number of aryl methyl sites for hydroxylation is 4. The molecule has 0 amide bonds. The lowest BCUT2D eigenvalue weighted by molar-refractivity contribution is 0.184. The third-order valence-electron chi connectivity index (χ3n) is 8.48. The van der Waals surface area contributed by atoms with E-state index in [0.29, 0.717) is 18.4 Å². The summed E-state index contributed by atoms with van der Waals surface area (Å²) in [6, 6.07) is 9.48. The standard InChI is InChI=1S/C34H50N6/c1-25-20-26(2)33-28(21-25)12-14-31(39-17-9-6-7-10-18-39)15-13-29-22-30(27(3)35)23-32(37-5)34(29)40(24-36-4)19-11-8-16-38-33/h8,11,20-23,31,36,38H,3,5-7,9-10,12-19,24,35H2,1-2,4H3/b11-8+. The van der Waals surface area contributed by atoms with Crippen molar-refractivity contribution in [1.29, 1.82) is 0 Å². The van der Waals surface area contributed by atoms with Crippen LogP contribution in [0, 0.1) is 13.8 Å². The summed E-state index contributed by atoms with van der Waals surface area (Å²) in [4.78, 5) is 9.63. The zero-order valence-electron chi connectivity index (χ0n) is 25.1. The van der Waals surface area contributed by atoms with Crippen molar-refractivity contribution in [1.82, 2.24) is 10.2 Å². The van der Waals surface area contributed by atoms with Gasteiger partial charge in [0.15, 0.2) is 0 Å². The van der Waals surface area contributed by atoms with Gasteiger partial charge in [-0.3, -0.25) is 4.99 Å². The Morgan fingerprint density at radius 1 is 1.02 bits per heavy atom. The number of benzene rings is 2. The number of hydrogen-bond acceptors (Lipinski definition) is 6. The molecule has 2 heterocycles. The molecule has 2 aromatic rings. The highest BCUT2D eigenvalue weighted by molar-refractivity contribution is 5.78. The summed E-state index contributed by atoms with van der Waals surface area (Å²) < 4.78 is 0. The lowest BCUT2D eigenvalue weighted by Crippen LogP contribution is -2.37. The number of rotatable bonds is 5. The van der Waals surface area contributed by atoms with E-state index in [-0.39, 0.29) is 0 Å². The SMILES string of the molecule is C=Nc1cc(C(=C)N)cc2c1N(CNC)C/C=C/CNc1c(C)cc(C)cc1CCC(N1CCCCCC1)CC2. The van der Waals surface area contributed by atoms with Gasteiger partial charge in [-0.25, -0.2) is 0 Å². The Bertz CT molecular complexity index is 1190. The average Bonchev–Trinajstić information content (AvgIpc) is 3.22. The number of hydrogen-bond donors (Lipinski definition) is 3. The molecular weight excluding hydrogens is 492 g/mol. The maximum Gasteiger partial charge on any atom is 0.0865 e. The van der Waals surface area contributed by atoms with E-state index in [1.807, 2.05) is 13.1 Å². The Balaban J connectivity index is 1.77. The summed E-state index contributed by atoms with van der Waals surface area (Å²) in [5.74, 6) is 0. The van der Waals surface area contributed by atoms with Gasteiger partial charge in [0.25, 0.3) is 0 Å². The van der Waals surface area contributed by atoms with Crippen molar-refractivity contribution in [3.63, 3.8) is 0 Å². The predicted octanol–water partition coefficient (Wildman–Crippen LogP) is 6.34. The largest absolute Gasteiger partial charge is 0.399 e. The zero-order valence-corrected chi connectivity index (χ0v) is 25.1. The first kappa shape index (κ1) is 29.9. The van der Waals surface area contributed by atoms with Crippen molar-refractivity contribution < 1.29 is 0 Å². The molecule has 0 saturated carbocycles. The molecule has 4 N–H and O–H groups in total. The van der Waals surface area contributed by atoms with Gasteiger partial charge in [-0.2, -0.15) is 0 Å². The van der Waals surface area contributed by atoms with Crippen LogP contribution in [0.2, 0.25) is 0 Å². The van der Waals surface area contributed by atoms with Gasteiger partial charge in [0.1, 0.15) is 0 Å². The molecular formula is C34H50N6. The smallest absolute Gasteiger partial charge is 0.0865 e. The Kier molecular flexibility index (Phi) is 10.8. The highest BCUT2D eigenvalue weighted by Crippen LogP contribution is 2.37. The van der Waals surface area contributed by atoms with Gasteiger partial charge in [-0.05, 0) is 114 Å². The number of nitrogens with one attached hydrogen (secondary N) is 2. The van der Waals surface area contributed by atoms with E-state index >= 15 is 0 Å². The van der Waals surface area contributed by atoms with E-state index in [9.17, 15) is 0 Å². The van der Waals surface area contributed by atoms with Crippen LogP contribution in [0.4, 0.5) is 17.1 Å². The summed E-state index contributed by atoms with van der Waals surface area (Å²) in [5.41, 5.74) is 16.4. The van der Waals surface area contributed by atoms with Crippen LogP contribution in [0.5, 0.6) is 0 Å². The van der Waals surface area contributed by atoms with Gasteiger partial charge in [-0.1, -0.05) is 49.3 Å². The minimum absolute atomic E-state index is 0.519. The van der Waals surface area contributed by atoms with E-state index in [0.717, 1.165) is 55.7 Å². The first-order chi connectivity index (χ1) is 19.4. The number of likely N-dealkylation sites (tertiary alicyclic amines) is 1. The summed E-state index contributed by atoms with van der Waals surface area (Å²) in [5, 5.41) is 7.12. The van der Waals surface area contributed by atoms with Gasteiger partial charge in [0.2, 0.25) is 0 Å². The molecule has 0 aliphatic carbocycles.